The summed E-state index contributed by atoms with van der Waals surface area (Å²) >= 11 is 6.02. The molecular weight excluding hydrogens is 342 g/mol. The number of aromatic nitrogens is 2. The van der Waals surface area contributed by atoms with Crippen molar-refractivity contribution >= 4 is 23.4 Å². The van der Waals surface area contributed by atoms with Crippen molar-refractivity contribution in [1.29, 1.82) is 0 Å². The van der Waals surface area contributed by atoms with Crippen molar-refractivity contribution in [3.63, 3.8) is 0 Å². The van der Waals surface area contributed by atoms with Gasteiger partial charge < -0.3 is 4.90 Å². The van der Waals surface area contributed by atoms with Crippen molar-refractivity contribution in [2.75, 3.05) is 31.5 Å². The Labute approximate surface area is 150 Å². The summed E-state index contributed by atoms with van der Waals surface area (Å²) < 4.78 is 1.19. The summed E-state index contributed by atoms with van der Waals surface area (Å²) in [5.74, 6) is 0.369. The van der Waals surface area contributed by atoms with Gasteiger partial charge in [-0.25, -0.2) is 9.48 Å². The van der Waals surface area contributed by atoms with Crippen molar-refractivity contribution in [1.82, 2.24) is 19.6 Å². The molecule has 0 radical (unpaired) electrons. The molecule has 1 aliphatic heterocycles. The lowest BCUT2D eigenvalue weighted by atomic mass is 10.2. The van der Waals surface area contributed by atoms with Crippen LogP contribution >= 0.6 is 11.6 Å². The molecule has 1 aromatic heterocycles. The number of hydrogen-bond donors (Lipinski definition) is 1. The molecule has 2 heterocycles. The molecule has 8 heteroatoms. The molecule has 132 valence electrons. The standard InChI is InChI=1S/C17H20ClN5O2/c1-21-16(24)6-5-15(20-21)19-17(25)23-9-7-22(8-10-23)12-13-3-2-4-14(18)11-13/h2-6,11H,7-10,12H2,1H3,(H,19,20,25). The molecule has 1 saturated heterocycles. The molecule has 1 N–H and O–H groups in total. The summed E-state index contributed by atoms with van der Waals surface area (Å²) in [5.41, 5.74) is 0.951. The first-order valence-electron chi connectivity index (χ1n) is 8.08. The van der Waals surface area contributed by atoms with E-state index in [1.807, 2.05) is 18.2 Å². The van der Waals surface area contributed by atoms with Crippen LogP contribution in [0.4, 0.5) is 10.6 Å². The van der Waals surface area contributed by atoms with Crippen LogP contribution in [0.5, 0.6) is 0 Å². The van der Waals surface area contributed by atoms with Gasteiger partial charge in [-0.15, -0.1) is 0 Å². The van der Waals surface area contributed by atoms with Crippen LogP contribution in [-0.4, -0.2) is 51.8 Å². The minimum Gasteiger partial charge on any atom is -0.322 e. The highest BCUT2D eigenvalue weighted by Crippen LogP contribution is 2.14. The predicted molar refractivity (Wildman–Crippen MR) is 96.8 cm³/mol. The van der Waals surface area contributed by atoms with Crippen LogP contribution in [0.15, 0.2) is 41.2 Å². The van der Waals surface area contributed by atoms with E-state index in [9.17, 15) is 9.59 Å². The fourth-order valence-electron chi connectivity index (χ4n) is 2.76. The molecule has 0 spiro atoms. The lowest BCUT2D eigenvalue weighted by Crippen LogP contribution is -2.49. The van der Waals surface area contributed by atoms with Crippen LogP contribution in [0, 0.1) is 0 Å². The molecule has 2 amide bonds. The molecule has 3 rings (SSSR count). The molecule has 0 saturated carbocycles. The van der Waals surface area contributed by atoms with Gasteiger partial charge in [-0.1, -0.05) is 23.7 Å². The summed E-state index contributed by atoms with van der Waals surface area (Å²) in [5, 5.41) is 7.48. The molecule has 1 aromatic carbocycles. The number of carbonyl (C=O) groups is 1. The molecule has 25 heavy (non-hydrogen) atoms. The van der Waals surface area contributed by atoms with Crippen molar-refractivity contribution in [2.45, 2.75) is 6.54 Å². The number of aryl methyl sites for hydroxylation is 1. The lowest BCUT2D eigenvalue weighted by Gasteiger charge is -2.34. The first-order chi connectivity index (χ1) is 12.0. The van der Waals surface area contributed by atoms with E-state index in [0.717, 1.165) is 24.7 Å². The second-order valence-electron chi connectivity index (χ2n) is 6.00. The summed E-state index contributed by atoms with van der Waals surface area (Å²) in [6, 6.07) is 10.5. The van der Waals surface area contributed by atoms with E-state index in [2.05, 4.69) is 21.4 Å². The van der Waals surface area contributed by atoms with Gasteiger partial charge in [0.2, 0.25) is 0 Å². The second-order valence-corrected chi connectivity index (χ2v) is 6.44. The number of nitrogens with zero attached hydrogens (tertiary/aromatic N) is 4. The highest BCUT2D eigenvalue weighted by molar-refractivity contribution is 6.30. The van der Waals surface area contributed by atoms with Gasteiger partial charge >= 0.3 is 6.03 Å². The van der Waals surface area contributed by atoms with Gasteiger partial charge in [0.05, 0.1) is 0 Å². The zero-order valence-electron chi connectivity index (χ0n) is 14.0. The highest BCUT2D eigenvalue weighted by Gasteiger charge is 2.21. The molecular formula is C17H20ClN5O2. The lowest BCUT2D eigenvalue weighted by molar-refractivity contribution is 0.143. The molecule has 7 nitrogen and oxygen atoms in total. The third-order valence-electron chi connectivity index (χ3n) is 4.15. The quantitative estimate of drug-likeness (QED) is 0.904. The Morgan fingerprint density at radius 1 is 1.20 bits per heavy atom. The van der Waals surface area contributed by atoms with Crippen LogP contribution in [0.25, 0.3) is 0 Å². The minimum absolute atomic E-state index is 0.200. The van der Waals surface area contributed by atoms with Crippen molar-refractivity contribution in [2.24, 2.45) is 7.05 Å². The molecule has 0 unspecified atom stereocenters. The molecule has 2 aromatic rings. The Bertz CT molecular complexity index is 815. The highest BCUT2D eigenvalue weighted by atomic mass is 35.5. The summed E-state index contributed by atoms with van der Waals surface area (Å²) in [7, 11) is 1.55. The topological polar surface area (TPSA) is 70.5 Å². The molecule has 1 fully saturated rings. The number of anilines is 1. The number of rotatable bonds is 3. The Morgan fingerprint density at radius 3 is 2.64 bits per heavy atom. The van der Waals surface area contributed by atoms with Gasteiger partial charge in [-0.05, 0) is 23.8 Å². The monoisotopic (exact) mass is 361 g/mol. The average Bonchev–Trinajstić information content (AvgIpc) is 2.59. The van der Waals surface area contributed by atoms with E-state index in [1.165, 1.54) is 22.4 Å². The van der Waals surface area contributed by atoms with E-state index in [0.29, 0.717) is 18.9 Å². The maximum absolute atomic E-state index is 12.3. The van der Waals surface area contributed by atoms with Crippen molar-refractivity contribution < 1.29 is 4.79 Å². The van der Waals surface area contributed by atoms with Gasteiger partial charge in [-0.3, -0.25) is 15.0 Å². The third kappa shape index (κ3) is 4.58. The number of piperazine rings is 1. The fourth-order valence-corrected chi connectivity index (χ4v) is 2.97. The molecule has 0 aliphatic carbocycles. The van der Waals surface area contributed by atoms with Crippen LogP contribution in [0.2, 0.25) is 5.02 Å². The van der Waals surface area contributed by atoms with Crippen LogP contribution in [0.1, 0.15) is 5.56 Å². The van der Waals surface area contributed by atoms with Gasteiger partial charge in [0.25, 0.3) is 5.56 Å². The van der Waals surface area contributed by atoms with Crippen LogP contribution in [0.3, 0.4) is 0 Å². The Balaban J connectivity index is 1.52. The van der Waals surface area contributed by atoms with Gasteiger partial charge in [0.15, 0.2) is 5.82 Å². The number of hydrogen-bond acceptors (Lipinski definition) is 4. The van der Waals surface area contributed by atoms with E-state index >= 15 is 0 Å². The summed E-state index contributed by atoms with van der Waals surface area (Å²) in [6.45, 7) is 3.68. The third-order valence-corrected chi connectivity index (χ3v) is 4.39. The van der Waals surface area contributed by atoms with E-state index in [1.54, 1.807) is 11.9 Å². The first-order valence-corrected chi connectivity index (χ1v) is 8.46. The van der Waals surface area contributed by atoms with Crippen molar-refractivity contribution in [3.05, 3.63) is 57.3 Å². The Hall–Kier alpha value is -2.38. The number of amides is 2. The van der Waals surface area contributed by atoms with Crippen molar-refractivity contribution in [3.8, 4) is 0 Å². The molecule has 0 atom stereocenters. The average molecular weight is 362 g/mol. The first kappa shape index (κ1) is 17.4. The van der Waals surface area contributed by atoms with Gasteiger partial charge in [0.1, 0.15) is 0 Å². The van der Waals surface area contributed by atoms with Crippen LogP contribution < -0.4 is 10.9 Å². The Morgan fingerprint density at radius 2 is 1.96 bits per heavy atom. The smallest absolute Gasteiger partial charge is 0.322 e. The zero-order valence-corrected chi connectivity index (χ0v) is 14.7. The van der Waals surface area contributed by atoms with E-state index < -0.39 is 0 Å². The normalized spacial score (nSPS) is 15.2. The number of urea groups is 1. The molecule has 1 aliphatic rings. The largest absolute Gasteiger partial charge is 0.323 e. The van der Waals surface area contributed by atoms with Gasteiger partial charge in [-0.2, -0.15) is 5.10 Å². The summed E-state index contributed by atoms with van der Waals surface area (Å²) in [4.78, 5) is 27.7. The SMILES string of the molecule is Cn1nc(NC(=O)N2CCN(Cc3cccc(Cl)c3)CC2)ccc1=O. The number of carbonyl (C=O) groups excluding carboxylic acids is 1. The van der Waals surface area contributed by atoms with Gasteiger partial charge in [0, 0.05) is 50.9 Å². The minimum atomic E-state index is -0.215. The summed E-state index contributed by atoms with van der Waals surface area (Å²) in [6.07, 6.45) is 0. The second kappa shape index (κ2) is 7.67. The predicted octanol–water partition coefficient (Wildman–Crippen LogP) is 1.78. The fraction of sp³-hybridized carbons (Fsp3) is 0.353. The Kier molecular flexibility index (Phi) is 5.35. The van der Waals surface area contributed by atoms with E-state index in [-0.39, 0.29) is 11.6 Å². The van der Waals surface area contributed by atoms with E-state index in [4.69, 9.17) is 11.6 Å². The van der Waals surface area contributed by atoms with Crippen LogP contribution in [-0.2, 0) is 13.6 Å². The maximum Gasteiger partial charge on any atom is 0.323 e. The zero-order chi connectivity index (χ0) is 17.8. The number of halogens is 1. The number of benzene rings is 1. The maximum atomic E-state index is 12.3. The molecule has 0 bridgehead atoms. The number of nitrogens with one attached hydrogen (secondary N) is 1.